The Morgan fingerprint density at radius 2 is 1.31 bits per heavy atom. The molecule has 0 aliphatic carbocycles. The summed E-state index contributed by atoms with van der Waals surface area (Å²) in [6, 6.07) is 7.64. The van der Waals surface area contributed by atoms with Crippen LogP contribution in [0.4, 0.5) is 0 Å². The van der Waals surface area contributed by atoms with Gasteiger partial charge in [0.2, 0.25) is 23.6 Å². The van der Waals surface area contributed by atoms with Crippen molar-refractivity contribution in [2.24, 2.45) is 23.5 Å². The Balaban J connectivity index is 2.72. The monoisotopic (exact) mass is 503 g/mol. The van der Waals surface area contributed by atoms with Gasteiger partial charge in [0.15, 0.2) is 5.78 Å². The first-order valence-corrected chi connectivity index (χ1v) is 12.4. The fraction of sp³-hybridized carbons (Fsp3) is 0.577. The molecule has 0 aliphatic rings. The minimum Gasteiger partial charge on any atom is -0.351 e. The highest BCUT2D eigenvalue weighted by Crippen LogP contribution is 2.12. The summed E-state index contributed by atoms with van der Waals surface area (Å²) in [6.07, 6.45) is 0.723. The third-order valence-electron chi connectivity index (χ3n) is 5.48. The molecule has 0 fully saturated rings. The third kappa shape index (κ3) is 11.4. The predicted molar refractivity (Wildman–Crippen MR) is 137 cm³/mol. The lowest BCUT2D eigenvalue weighted by Crippen LogP contribution is -2.53. The minimum atomic E-state index is -0.964. The summed E-state index contributed by atoms with van der Waals surface area (Å²) in [5, 5.41) is 10.5. The van der Waals surface area contributed by atoms with Gasteiger partial charge in [-0.2, -0.15) is 0 Å². The third-order valence-corrected chi connectivity index (χ3v) is 5.48. The molecule has 0 spiro atoms. The summed E-state index contributed by atoms with van der Waals surface area (Å²) in [4.78, 5) is 62.4. The van der Waals surface area contributed by atoms with E-state index in [1.165, 1.54) is 6.92 Å². The first kappa shape index (κ1) is 30.8. The molecule has 0 aliphatic heterocycles. The van der Waals surface area contributed by atoms with Crippen LogP contribution in [0, 0.1) is 17.8 Å². The van der Waals surface area contributed by atoms with Crippen LogP contribution in [-0.2, 0) is 30.5 Å². The Kier molecular flexibility index (Phi) is 13.4. The molecule has 2 unspecified atom stereocenters. The number of Topliss-reactive ketones (excluding diaryl/α,β-unsaturated/α-hetero) is 1. The average Bonchev–Trinajstić information content (AvgIpc) is 2.83. The van der Waals surface area contributed by atoms with E-state index in [9.17, 15) is 24.0 Å². The van der Waals surface area contributed by atoms with Crippen molar-refractivity contribution in [2.75, 3.05) is 13.1 Å². The summed E-state index contributed by atoms with van der Waals surface area (Å²) >= 11 is 0. The van der Waals surface area contributed by atoms with E-state index >= 15 is 0 Å². The SMILES string of the molecule is CC(C)CC(NC(=O)CN)C(=O)NCC(=O)N[C@@H](CC(C)C)C(=O)C(C)C(=O)NCc1ccccc1. The minimum absolute atomic E-state index is 0.0790. The lowest BCUT2D eigenvalue weighted by molar-refractivity contribution is -0.137. The van der Waals surface area contributed by atoms with E-state index in [0.29, 0.717) is 19.4 Å². The Morgan fingerprint density at radius 1 is 0.750 bits per heavy atom. The van der Waals surface area contributed by atoms with Crippen molar-refractivity contribution in [3.63, 3.8) is 0 Å². The highest BCUT2D eigenvalue weighted by Gasteiger charge is 2.30. The number of rotatable bonds is 15. The van der Waals surface area contributed by atoms with Gasteiger partial charge < -0.3 is 27.0 Å². The largest absolute Gasteiger partial charge is 0.351 e. The molecule has 10 nitrogen and oxygen atoms in total. The summed E-state index contributed by atoms with van der Waals surface area (Å²) < 4.78 is 0. The lowest BCUT2D eigenvalue weighted by Gasteiger charge is -2.23. The van der Waals surface area contributed by atoms with Crippen LogP contribution < -0.4 is 27.0 Å². The zero-order valence-corrected chi connectivity index (χ0v) is 21.9. The quantitative estimate of drug-likeness (QED) is 0.221. The van der Waals surface area contributed by atoms with Crippen LogP contribution in [0.15, 0.2) is 30.3 Å². The molecule has 1 rings (SSSR count). The van der Waals surface area contributed by atoms with Crippen LogP contribution in [0.2, 0.25) is 0 Å². The zero-order valence-electron chi connectivity index (χ0n) is 21.9. The molecule has 0 saturated heterocycles. The lowest BCUT2D eigenvalue weighted by atomic mass is 9.92. The van der Waals surface area contributed by atoms with Crippen molar-refractivity contribution in [1.29, 1.82) is 0 Å². The number of hydrogen-bond donors (Lipinski definition) is 5. The summed E-state index contributed by atoms with van der Waals surface area (Å²) in [5.41, 5.74) is 6.23. The summed E-state index contributed by atoms with van der Waals surface area (Å²) in [5.74, 6) is -3.13. The van der Waals surface area contributed by atoms with E-state index in [1.807, 2.05) is 58.0 Å². The number of hydrogen-bond acceptors (Lipinski definition) is 6. The molecule has 6 N–H and O–H groups in total. The van der Waals surface area contributed by atoms with Gasteiger partial charge in [-0.1, -0.05) is 58.0 Å². The van der Waals surface area contributed by atoms with E-state index in [2.05, 4.69) is 21.3 Å². The fourth-order valence-corrected chi connectivity index (χ4v) is 3.58. The molecule has 36 heavy (non-hydrogen) atoms. The number of ketones is 1. The molecule has 0 heterocycles. The van der Waals surface area contributed by atoms with Crippen molar-refractivity contribution in [2.45, 2.75) is 66.1 Å². The molecule has 0 radical (unpaired) electrons. The highest BCUT2D eigenvalue weighted by molar-refractivity contribution is 6.04. The second-order valence-corrected chi connectivity index (χ2v) is 9.75. The molecule has 10 heteroatoms. The van der Waals surface area contributed by atoms with Crippen molar-refractivity contribution in [1.82, 2.24) is 21.3 Å². The van der Waals surface area contributed by atoms with E-state index in [0.717, 1.165) is 5.56 Å². The maximum absolute atomic E-state index is 13.1. The normalized spacial score (nSPS) is 13.4. The number of nitrogens with one attached hydrogen (secondary N) is 4. The first-order chi connectivity index (χ1) is 16.9. The number of amides is 4. The fourth-order valence-electron chi connectivity index (χ4n) is 3.58. The molecule has 4 amide bonds. The van der Waals surface area contributed by atoms with Gasteiger partial charge >= 0.3 is 0 Å². The van der Waals surface area contributed by atoms with Crippen molar-refractivity contribution < 1.29 is 24.0 Å². The topological polar surface area (TPSA) is 159 Å². The number of nitrogens with two attached hydrogens (primary N) is 1. The molecular weight excluding hydrogens is 462 g/mol. The molecule has 0 saturated carbocycles. The van der Waals surface area contributed by atoms with Gasteiger partial charge in [-0.25, -0.2) is 0 Å². The summed E-state index contributed by atoms with van der Waals surface area (Å²) in [6.45, 7) is 8.81. The van der Waals surface area contributed by atoms with E-state index < -0.39 is 47.4 Å². The van der Waals surface area contributed by atoms with E-state index in [-0.39, 0.29) is 24.9 Å². The van der Waals surface area contributed by atoms with Crippen LogP contribution in [-0.4, -0.2) is 54.6 Å². The smallest absolute Gasteiger partial charge is 0.243 e. The van der Waals surface area contributed by atoms with Crippen LogP contribution in [0.3, 0.4) is 0 Å². The maximum atomic E-state index is 13.1. The second kappa shape index (κ2) is 15.7. The van der Waals surface area contributed by atoms with Crippen LogP contribution in [0.1, 0.15) is 53.0 Å². The van der Waals surface area contributed by atoms with Crippen molar-refractivity contribution in [3.8, 4) is 0 Å². The predicted octanol–water partition coefficient (Wildman–Crippen LogP) is 0.645. The average molecular weight is 504 g/mol. The summed E-state index contributed by atoms with van der Waals surface area (Å²) in [7, 11) is 0. The molecule has 1 aromatic carbocycles. The first-order valence-electron chi connectivity index (χ1n) is 12.4. The number of carbonyl (C=O) groups is 5. The van der Waals surface area contributed by atoms with E-state index in [4.69, 9.17) is 5.73 Å². The highest BCUT2D eigenvalue weighted by atomic mass is 16.2. The van der Waals surface area contributed by atoms with Gasteiger partial charge in [-0.3, -0.25) is 24.0 Å². The number of benzene rings is 1. The maximum Gasteiger partial charge on any atom is 0.243 e. The van der Waals surface area contributed by atoms with Crippen LogP contribution in [0.5, 0.6) is 0 Å². The zero-order chi connectivity index (χ0) is 27.3. The molecule has 200 valence electrons. The van der Waals surface area contributed by atoms with Gasteiger partial charge in [0.1, 0.15) is 6.04 Å². The Labute approximate surface area is 213 Å². The van der Waals surface area contributed by atoms with Crippen LogP contribution in [0.25, 0.3) is 0 Å². The molecular formula is C26H41N5O5. The van der Waals surface area contributed by atoms with Crippen molar-refractivity contribution >= 4 is 29.4 Å². The van der Waals surface area contributed by atoms with Gasteiger partial charge in [-0.05, 0) is 37.2 Å². The van der Waals surface area contributed by atoms with Gasteiger partial charge in [0.25, 0.3) is 0 Å². The Bertz CT molecular complexity index is 888. The standard InChI is InChI=1S/C26H41N5O5/c1-16(2)11-20(24(34)18(5)25(35)28-14-19-9-7-6-8-10-19)30-23(33)15-29-26(36)21(12-17(3)4)31-22(32)13-27/h6-10,16-18,20-21H,11-15,27H2,1-5H3,(H,28,35)(H,29,36)(H,30,33)(H,31,32)/t18?,20-,21?/m0/s1. The second-order valence-electron chi connectivity index (χ2n) is 9.75. The molecule has 0 bridgehead atoms. The van der Waals surface area contributed by atoms with Gasteiger partial charge in [0, 0.05) is 6.54 Å². The molecule has 3 atom stereocenters. The molecule has 1 aromatic rings. The van der Waals surface area contributed by atoms with Crippen molar-refractivity contribution in [3.05, 3.63) is 35.9 Å². The van der Waals surface area contributed by atoms with Gasteiger partial charge in [-0.15, -0.1) is 0 Å². The van der Waals surface area contributed by atoms with Crippen LogP contribution >= 0.6 is 0 Å². The number of carbonyl (C=O) groups excluding carboxylic acids is 5. The van der Waals surface area contributed by atoms with Gasteiger partial charge in [0.05, 0.1) is 25.0 Å². The molecule has 0 aromatic heterocycles. The Hall–Kier alpha value is -3.27. The Morgan fingerprint density at radius 3 is 1.86 bits per heavy atom. The van der Waals surface area contributed by atoms with E-state index in [1.54, 1.807) is 0 Å².